The van der Waals surface area contributed by atoms with Crippen LogP contribution in [-0.4, -0.2) is 29.8 Å². The van der Waals surface area contributed by atoms with Gasteiger partial charge in [0.15, 0.2) is 6.61 Å². The van der Waals surface area contributed by atoms with E-state index in [1.807, 2.05) is 36.4 Å². The minimum Gasteiger partial charge on any atom is -0.497 e. The Morgan fingerprint density at radius 1 is 1.10 bits per heavy atom. The van der Waals surface area contributed by atoms with Crippen molar-refractivity contribution in [3.63, 3.8) is 0 Å². The number of rotatable bonds is 7. The summed E-state index contributed by atoms with van der Waals surface area (Å²) in [4.78, 5) is 16.4. The molecule has 0 fully saturated rings. The first-order valence-corrected chi connectivity index (χ1v) is 9.69. The third-order valence-electron chi connectivity index (χ3n) is 4.92. The highest BCUT2D eigenvalue weighted by atomic mass is 16.5. The average molecular weight is 393 g/mol. The maximum Gasteiger partial charge on any atom is 0.258 e. The number of aryl methyl sites for hydroxylation is 2. The Morgan fingerprint density at radius 2 is 1.97 bits per heavy atom. The molecule has 0 atom stereocenters. The van der Waals surface area contributed by atoms with Crippen LogP contribution >= 0.6 is 0 Å². The number of hydrogen-bond acceptors (Lipinski definition) is 6. The molecule has 4 rings (SSSR count). The van der Waals surface area contributed by atoms with Crippen LogP contribution in [0, 0.1) is 0 Å². The minimum absolute atomic E-state index is 0.0599. The molecule has 0 spiro atoms. The van der Waals surface area contributed by atoms with Gasteiger partial charge in [-0.15, -0.1) is 0 Å². The number of carbonyl (C=O) groups is 1. The zero-order valence-electron chi connectivity index (χ0n) is 16.3. The molecular weight excluding hydrogens is 370 g/mol. The van der Waals surface area contributed by atoms with Crippen LogP contribution in [0.15, 0.2) is 47.0 Å². The molecule has 7 heteroatoms. The Labute approximate surface area is 169 Å². The number of ether oxygens (including phenoxy) is 2. The Bertz CT molecular complexity index is 999. The van der Waals surface area contributed by atoms with Crippen LogP contribution in [0.2, 0.25) is 0 Å². The topological polar surface area (TPSA) is 86.5 Å². The van der Waals surface area contributed by atoms with Crippen molar-refractivity contribution in [3.8, 4) is 22.9 Å². The number of methoxy groups -OCH3 is 1. The molecule has 1 N–H and O–H groups in total. The summed E-state index contributed by atoms with van der Waals surface area (Å²) in [6.45, 7) is 0.0824. The van der Waals surface area contributed by atoms with Gasteiger partial charge in [-0.3, -0.25) is 4.79 Å². The number of amides is 1. The van der Waals surface area contributed by atoms with Crippen molar-refractivity contribution in [3.05, 3.63) is 59.5 Å². The lowest BCUT2D eigenvalue weighted by Crippen LogP contribution is -2.28. The second-order valence-corrected chi connectivity index (χ2v) is 6.95. The Balaban J connectivity index is 1.28. The summed E-state index contributed by atoms with van der Waals surface area (Å²) in [5, 5.41) is 6.68. The highest BCUT2D eigenvalue weighted by Crippen LogP contribution is 2.25. The summed E-state index contributed by atoms with van der Waals surface area (Å²) in [5.74, 6) is 1.95. The van der Waals surface area contributed by atoms with Gasteiger partial charge in [0.05, 0.1) is 13.7 Å². The third-order valence-corrected chi connectivity index (χ3v) is 4.92. The normalized spacial score (nSPS) is 12.9. The highest BCUT2D eigenvalue weighted by molar-refractivity contribution is 5.77. The summed E-state index contributed by atoms with van der Waals surface area (Å²) in [6, 6.07) is 13.4. The first-order chi connectivity index (χ1) is 14.2. The Morgan fingerprint density at radius 3 is 2.83 bits per heavy atom. The molecule has 1 heterocycles. The van der Waals surface area contributed by atoms with Crippen LogP contribution in [-0.2, 0) is 24.2 Å². The van der Waals surface area contributed by atoms with E-state index in [1.165, 1.54) is 24.0 Å². The maximum atomic E-state index is 12.1. The largest absolute Gasteiger partial charge is 0.497 e. The molecule has 0 aliphatic heterocycles. The molecule has 29 heavy (non-hydrogen) atoms. The number of benzene rings is 2. The summed E-state index contributed by atoms with van der Waals surface area (Å²) in [6.07, 6.45) is 4.65. The van der Waals surface area contributed by atoms with Gasteiger partial charge in [-0.05, 0) is 61.1 Å². The second kappa shape index (κ2) is 8.77. The lowest BCUT2D eigenvalue weighted by atomic mass is 9.92. The van der Waals surface area contributed by atoms with Gasteiger partial charge < -0.3 is 19.3 Å². The van der Waals surface area contributed by atoms with Gasteiger partial charge >= 0.3 is 0 Å². The van der Waals surface area contributed by atoms with Crippen molar-refractivity contribution in [2.45, 2.75) is 32.2 Å². The molecule has 150 valence electrons. The van der Waals surface area contributed by atoms with Crippen molar-refractivity contribution < 1.29 is 18.8 Å². The van der Waals surface area contributed by atoms with Crippen LogP contribution in [0.25, 0.3) is 11.4 Å². The van der Waals surface area contributed by atoms with Crippen molar-refractivity contribution in [2.75, 3.05) is 13.7 Å². The zero-order chi connectivity index (χ0) is 20.1. The fourth-order valence-electron chi connectivity index (χ4n) is 3.38. The van der Waals surface area contributed by atoms with Crippen molar-refractivity contribution in [1.29, 1.82) is 0 Å². The predicted octanol–water partition coefficient (Wildman–Crippen LogP) is 3.32. The molecular formula is C22H23N3O4. The smallest absolute Gasteiger partial charge is 0.258 e. The van der Waals surface area contributed by atoms with Gasteiger partial charge in [-0.2, -0.15) is 4.98 Å². The van der Waals surface area contributed by atoms with E-state index in [4.69, 9.17) is 14.0 Å². The minimum atomic E-state index is -0.246. The Kier molecular flexibility index (Phi) is 5.74. The van der Waals surface area contributed by atoms with Crippen LogP contribution in [0.4, 0.5) is 0 Å². The van der Waals surface area contributed by atoms with Crippen LogP contribution in [0.5, 0.6) is 11.5 Å². The summed E-state index contributed by atoms with van der Waals surface area (Å²) in [7, 11) is 1.60. The second-order valence-electron chi connectivity index (χ2n) is 6.95. The van der Waals surface area contributed by atoms with E-state index in [-0.39, 0.29) is 19.1 Å². The lowest BCUT2D eigenvalue weighted by molar-refractivity contribution is -0.123. The SMILES string of the molecule is COc1cccc(-c2noc(CNC(=O)COc3ccc4c(c3)CCCC4)n2)c1. The molecule has 1 aromatic heterocycles. The van der Waals surface area contributed by atoms with Gasteiger partial charge in [0, 0.05) is 5.56 Å². The van der Waals surface area contributed by atoms with Crippen LogP contribution in [0.3, 0.4) is 0 Å². The molecule has 1 aliphatic carbocycles. The van der Waals surface area contributed by atoms with E-state index in [0.29, 0.717) is 17.5 Å². The standard InChI is InChI=1S/C22H23N3O4/c1-27-18-8-4-7-17(12-18)22-24-21(29-25-22)13-23-20(26)14-28-19-10-9-15-5-2-3-6-16(15)11-19/h4,7-12H,2-3,5-6,13-14H2,1H3,(H,23,26). The molecule has 0 unspecified atom stereocenters. The monoisotopic (exact) mass is 393 g/mol. The third kappa shape index (κ3) is 4.74. The number of carbonyl (C=O) groups excluding carboxylic acids is 1. The first kappa shape index (κ1) is 19.0. The lowest BCUT2D eigenvalue weighted by Gasteiger charge is -2.16. The molecule has 0 saturated heterocycles. The summed E-state index contributed by atoms with van der Waals surface area (Å²) in [5.41, 5.74) is 3.49. The zero-order valence-corrected chi connectivity index (χ0v) is 16.3. The van der Waals surface area contributed by atoms with E-state index in [2.05, 4.69) is 21.5 Å². The van der Waals surface area contributed by atoms with Gasteiger partial charge in [-0.1, -0.05) is 23.4 Å². The highest BCUT2D eigenvalue weighted by Gasteiger charge is 2.13. The quantitative estimate of drug-likeness (QED) is 0.663. The summed E-state index contributed by atoms with van der Waals surface area (Å²) >= 11 is 0. The number of nitrogens with one attached hydrogen (secondary N) is 1. The van der Waals surface area contributed by atoms with Crippen LogP contribution < -0.4 is 14.8 Å². The van der Waals surface area contributed by atoms with E-state index in [0.717, 1.165) is 24.2 Å². The fourth-order valence-corrected chi connectivity index (χ4v) is 3.38. The maximum absolute atomic E-state index is 12.1. The van der Waals surface area contributed by atoms with Crippen molar-refractivity contribution in [1.82, 2.24) is 15.5 Å². The number of hydrogen-bond donors (Lipinski definition) is 1. The fraction of sp³-hybridized carbons (Fsp3) is 0.318. The molecule has 2 aromatic carbocycles. The van der Waals surface area contributed by atoms with Gasteiger partial charge in [0.1, 0.15) is 11.5 Å². The van der Waals surface area contributed by atoms with Crippen molar-refractivity contribution >= 4 is 5.91 Å². The molecule has 0 radical (unpaired) electrons. The van der Waals surface area contributed by atoms with E-state index in [1.54, 1.807) is 7.11 Å². The van der Waals surface area contributed by atoms with Gasteiger partial charge in [0.2, 0.25) is 11.7 Å². The van der Waals surface area contributed by atoms with Crippen molar-refractivity contribution in [2.24, 2.45) is 0 Å². The van der Waals surface area contributed by atoms with Crippen LogP contribution in [0.1, 0.15) is 29.9 Å². The molecule has 0 saturated carbocycles. The van der Waals surface area contributed by atoms with E-state index < -0.39 is 0 Å². The van der Waals surface area contributed by atoms with E-state index >= 15 is 0 Å². The summed E-state index contributed by atoms with van der Waals surface area (Å²) < 4.78 is 16.0. The predicted molar refractivity (Wildman–Crippen MR) is 107 cm³/mol. The van der Waals surface area contributed by atoms with Gasteiger partial charge in [-0.25, -0.2) is 0 Å². The number of aromatic nitrogens is 2. The first-order valence-electron chi connectivity index (χ1n) is 9.69. The molecule has 1 aliphatic rings. The average Bonchev–Trinajstić information content (AvgIpc) is 3.25. The molecule has 0 bridgehead atoms. The molecule has 3 aromatic rings. The van der Waals surface area contributed by atoms with Gasteiger partial charge in [0.25, 0.3) is 5.91 Å². The molecule has 7 nitrogen and oxygen atoms in total. The Hall–Kier alpha value is -3.35. The number of nitrogens with zero attached hydrogens (tertiary/aromatic N) is 2. The molecule has 1 amide bonds. The van der Waals surface area contributed by atoms with E-state index in [9.17, 15) is 4.79 Å². The number of fused-ring (bicyclic) bond motifs is 1.